The normalized spacial score (nSPS) is 13.9. The standard InChI is InChI=1S/C21H23FN2O4/c1-15-3-8-19(18(22)13-15)24(21(26)23-9-11-28-12-10-23)14-16-4-6-17(7-5-16)20(25)27-2/h3-8,13H,9-12,14H2,1-2H3. The number of anilines is 1. The van der Waals surface area contributed by atoms with Crippen molar-refractivity contribution in [2.24, 2.45) is 0 Å². The fourth-order valence-electron chi connectivity index (χ4n) is 3.06. The van der Waals surface area contributed by atoms with Crippen molar-refractivity contribution >= 4 is 17.7 Å². The Bertz CT molecular complexity index is 848. The number of morpholine rings is 1. The minimum Gasteiger partial charge on any atom is -0.465 e. The van der Waals surface area contributed by atoms with E-state index < -0.39 is 11.8 Å². The van der Waals surface area contributed by atoms with Crippen molar-refractivity contribution in [1.82, 2.24) is 4.90 Å². The number of esters is 1. The summed E-state index contributed by atoms with van der Waals surface area (Å²) in [4.78, 5) is 27.8. The van der Waals surface area contributed by atoms with Crippen LogP contribution in [0.1, 0.15) is 21.5 Å². The Morgan fingerprint density at radius 3 is 2.43 bits per heavy atom. The fraction of sp³-hybridized carbons (Fsp3) is 0.333. The molecule has 0 spiro atoms. The quantitative estimate of drug-likeness (QED) is 0.756. The molecule has 0 aromatic heterocycles. The van der Waals surface area contributed by atoms with E-state index in [4.69, 9.17) is 9.47 Å². The Morgan fingerprint density at radius 2 is 1.82 bits per heavy atom. The first-order chi connectivity index (χ1) is 13.5. The maximum absolute atomic E-state index is 14.6. The number of carbonyl (C=O) groups excluding carboxylic acids is 2. The number of urea groups is 1. The highest BCUT2D eigenvalue weighted by Gasteiger charge is 2.26. The van der Waals surface area contributed by atoms with E-state index in [2.05, 4.69) is 0 Å². The predicted molar refractivity (Wildman–Crippen MR) is 103 cm³/mol. The number of carbonyl (C=O) groups is 2. The van der Waals surface area contributed by atoms with Crippen molar-refractivity contribution in [2.75, 3.05) is 38.3 Å². The molecule has 0 radical (unpaired) electrons. The lowest BCUT2D eigenvalue weighted by Crippen LogP contribution is -2.48. The van der Waals surface area contributed by atoms with Gasteiger partial charge in [-0.25, -0.2) is 14.0 Å². The highest BCUT2D eigenvalue weighted by atomic mass is 19.1. The molecule has 1 aliphatic rings. The van der Waals surface area contributed by atoms with Gasteiger partial charge in [0.2, 0.25) is 0 Å². The third-order valence-electron chi connectivity index (χ3n) is 4.62. The molecule has 0 N–H and O–H groups in total. The van der Waals surface area contributed by atoms with Gasteiger partial charge in [0, 0.05) is 13.1 Å². The smallest absolute Gasteiger partial charge is 0.337 e. The summed E-state index contributed by atoms with van der Waals surface area (Å²) < 4.78 is 24.7. The molecular weight excluding hydrogens is 363 g/mol. The molecule has 148 valence electrons. The monoisotopic (exact) mass is 386 g/mol. The summed E-state index contributed by atoms with van der Waals surface area (Å²) in [5.74, 6) is -0.884. The molecule has 7 heteroatoms. The van der Waals surface area contributed by atoms with Crippen LogP contribution in [0.2, 0.25) is 0 Å². The maximum Gasteiger partial charge on any atom is 0.337 e. The van der Waals surface area contributed by atoms with E-state index in [0.717, 1.165) is 11.1 Å². The Morgan fingerprint density at radius 1 is 1.14 bits per heavy atom. The van der Waals surface area contributed by atoms with E-state index in [0.29, 0.717) is 31.9 Å². The number of ether oxygens (including phenoxy) is 2. The Hall–Kier alpha value is -2.93. The number of amides is 2. The molecule has 2 aromatic rings. The summed E-state index contributed by atoms with van der Waals surface area (Å²) in [5.41, 5.74) is 2.19. The first-order valence-electron chi connectivity index (χ1n) is 9.07. The summed E-state index contributed by atoms with van der Waals surface area (Å²) in [7, 11) is 1.32. The van der Waals surface area contributed by atoms with Crippen LogP contribution < -0.4 is 4.90 Å². The molecular formula is C21H23FN2O4. The van der Waals surface area contributed by atoms with Crippen LogP contribution in [0.15, 0.2) is 42.5 Å². The topological polar surface area (TPSA) is 59.1 Å². The van der Waals surface area contributed by atoms with Crippen LogP contribution in [0, 0.1) is 12.7 Å². The molecule has 2 aromatic carbocycles. The van der Waals surface area contributed by atoms with Crippen LogP contribution in [0.4, 0.5) is 14.9 Å². The SMILES string of the molecule is COC(=O)c1ccc(CN(C(=O)N2CCOCC2)c2ccc(C)cc2F)cc1. The van der Waals surface area contributed by atoms with E-state index >= 15 is 0 Å². The molecule has 0 aliphatic carbocycles. The number of nitrogens with zero attached hydrogens (tertiary/aromatic N) is 2. The molecule has 3 rings (SSSR count). The van der Waals surface area contributed by atoms with Crippen LogP contribution in [0.25, 0.3) is 0 Å². The average Bonchev–Trinajstić information content (AvgIpc) is 2.72. The zero-order valence-electron chi connectivity index (χ0n) is 16.0. The molecule has 0 atom stereocenters. The van der Waals surface area contributed by atoms with E-state index in [1.165, 1.54) is 18.1 Å². The van der Waals surface area contributed by atoms with Gasteiger partial charge in [-0.2, -0.15) is 0 Å². The van der Waals surface area contributed by atoms with Gasteiger partial charge in [-0.05, 0) is 42.3 Å². The van der Waals surface area contributed by atoms with Gasteiger partial charge in [-0.3, -0.25) is 4.90 Å². The number of benzene rings is 2. The van der Waals surface area contributed by atoms with Crippen molar-refractivity contribution in [1.29, 1.82) is 0 Å². The van der Waals surface area contributed by atoms with Gasteiger partial charge in [0.25, 0.3) is 0 Å². The number of hydrogen-bond donors (Lipinski definition) is 0. The molecule has 28 heavy (non-hydrogen) atoms. The first kappa shape index (κ1) is 19.8. The average molecular weight is 386 g/mol. The molecule has 0 bridgehead atoms. The van der Waals surface area contributed by atoms with Gasteiger partial charge in [0.05, 0.1) is 38.1 Å². The van der Waals surface area contributed by atoms with Crippen LogP contribution in [0.5, 0.6) is 0 Å². The minimum atomic E-state index is -0.451. The molecule has 0 saturated carbocycles. The first-order valence-corrected chi connectivity index (χ1v) is 9.07. The van der Waals surface area contributed by atoms with E-state index in [1.54, 1.807) is 48.2 Å². The van der Waals surface area contributed by atoms with Crippen molar-refractivity contribution in [2.45, 2.75) is 13.5 Å². The Labute approximate surface area is 163 Å². The van der Waals surface area contributed by atoms with Gasteiger partial charge >= 0.3 is 12.0 Å². The Balaban J connectivity index is 1.89. The third kappa shape index (κ3) is 4.48. The van der Waals surface area contributed by atoms with Crippen molar-refractivity contribution in [3.05, 3.63) is 65.0 Å². The van der Waals surface area contributed by atoms with E-state index in [-0.39, 0.29) is 18.3 Å². The zero-order valence-corrected chi connectivity index (χ0v) is 16.0. The minimum absolute atomic E-state index is 0.178. The third-order valence-corrected chi connectivity index (χ3v) is 4.62. The van der Waals surface area contributed by atoms with E-state index in [1.807, 2.05) is 0 Å². The van der Waals surface area contributed by atoms with Gasteiger partial charge in [0.1, 0.15) is 5.82 Å². The van der Waals surface area contributed by atoms with Crippen LogP contribution in [0.3, 0.4) is 0 Å². The summed E-state index contributed by atoms with van der Waals surface area (Å²) in [5, 5.41) is 0. The van der Waals surface area contributed by atoms with Crippen molar-refractivity contribution < 1.29 is 23.5 Å². The second kappa shape index (κ2) is 8.84. The van der Waals surface area contributed by atoms with Gasteiger partial charge < -0.3 is 14.4 Å². The van der Waals surface area contributed by atoms with E-state index in [9.17, 15) is 14.0 Å². The Kier molecular flexibility index (Phi) is 6.26. The molecule has 1 fully saturated rings. The number of aryl methyl sites for hydroxylation is 1. The second-order valence-electron chi connectivity index (χ2n) is 6.61. The summed E-state index contributed by atoms with van der Waals surface area (Å²) in [6, 6.07) is 11.3. The molecule has 0 unspecified atom stereocenters. The lowest BCUT2D eigenvalue weighted by atomic mass is 10.1. The lowest BCUT2D eigenvalue weighted by molar-refractivity contribution is 0.0547. The zero-order chi connectivity index (χ0) is 20.1. The molecule has 1 saturated heterocycles. The molecule has 1 heterocycles. The second-order valence-corrected chi connectivity index (χ2v) is 6.61. The van der Waals surface area contributed by atoms with Crippen LogP contribution in [-0.4, -0.2) is 50.3 Å². The maximum atomic E-state index is 14.6. The number of halogens is 1. The molecule has 2 amide bonds. The number of hydrogen-bond acceptors (Lipinski definition) is 4. The lowest BCUT2D eigenvalue weighted by Gasteiger charge is -2.33. The van der Waals surface area contributed by atoms with Gasteiger partial charge in [-0.1, -0.05) is 18.2 Å². The predicted octanol–water partition coefficient (Wildman–Crippen LogP) is 3.38. The largest absolute Gasteiger partial charge is 0.465 e. The highest BCUT2D eigenvalue weighted by molar-refractivity contribution is 5.92. The summed E-state index contributed by atoms with van der Waals surface area (Å²) >= 11 is 0. The highest BCUT2D eigenvalue weighted by Crippen LogP contribution is 2.24. The van der Waals surface area contributed by atoms with Crippen LogP contribution >= 0.6 is 0 Å². The number of methoxy groups -OCH3 is 1. The summed E-state index contributed by atoms with van der Waals surface area (Å²) in [6.45, 7) is 3.83. The molecule has 6 nitrogen and oxygen atoms in total. The fourth-order valence-corrected chi connectivity index (χ4v) is 3.06. The van der Waals surface area contributed by atoms with Gasteiger partial charge in [-0.15, -0.1) is 0 Å². The molecule has 1 aliphatic heterocycles. The van der Waals surface area contributed by atoms with Gasteiger partial charge in [0.15, 0.2) is 0 Å². The van der Waals surface area contributed by atoms with Crippen molar-refractivity contribution in [3.8, 4) is 0 Å². The number of rotatable bonds is 4. The van der Waals surface area contributed by atoms with Crippen LogP contribution in [-0.2, 0) is 16.0 Å². The summed E-state index contributed by atoms with van der Waals surface area (Å²) in [6.07, 6.45) is 0. The van der Waals surface area contributed by atoms with Crippen molar-refractivity contribution in [3.63, 3.8) is 0 Å².